The smallest absolute Gasteiger partial charge is 0.338 e. The van der Waals surface area contributed by atoms with Crippen molar-refractivity contribution in [2.24, 2.45) is 0 Å². The number of ether oxygens (including phenoxy) is 3. The van der Waals surface area contributed by atoms with Gasteiger partial charge in [-0.2, -0.15) is 0 Å². The monoisotopic (exact) mass is 344 g/mol. The van der Waals surface area contributed by atoms with E-state index in [-0.39, 0.29) is 6.61 Å². The number of esters is 1. The Bertz CT molecular complexity index is 554. The van der Waals surface area contributed by atoms with Crippen LogP contribution in [-0.2, 0) is 27.8 Å². The van der Waals surface area contributed by atoms with Crippen molar-refractivity contribution >= 4 is 13.6 Å². The molecule has 0 N–H and O–H groups in total. The molecule has 0 saturated carbocycles. The maximum atomic E-state index is 12.6. The molecule has 1 aliphatic rings. The van der Waals surface area contributed by atoms with Gasteiger partial charge in [-0.25, -0.2) is 4.79 Å². The highest BCUT2D eigenvalue weighted by Crippen LogP contribution is 2.57. The summed E-state index contributed by atoms with van der Waals surface area (Å²) in [5.41, 5.74) is -0.127. The van der Waals surface area contributed by atoms with Crippen molar-refractivity contribution in [2.45, 2.75) is 24.5 Å². The first-order chi connectivity index (χ1) is 11.0. The van der Waals surface area contributed by atoms with E-state index >= 15 is 0 Å². The van der Waals surface area contributed by atoms with Crippen molar-refractivity contribution in [3.05, 3.63) is 35.9 Å². The van der Waals surface area contributed by atoms with Gasteiger partial charge < -0.3 is 23.3 Å². The van der Waals surface area contributed by atoms with Crippen LogP contribution in [0.3, 0.4) is 0 Å². The van der Waals surface area contributed by atoms with Gasteiger partial charge >= 0.3 is 13.6 Å². The van der Waals surface area contributed by atoms with Crippen molar-refractivity contribution in [3.63, 3.8) is 0 Å². The number of hydrogen-bond acceptors (Lipinski definition) is 7. The largest absolute Gasteiger partial charge is 0.459 e. The molecule has 1 aromatic carbocycles. The lowest BCUT2D eigenvalue weighted by Crippen LogP contribution is -2.29. The van der Waals surface area contributed by atoms with Gasteiger partial charge in [-0.05, 0) is 12.1 Å². The fraction of sp³-hybridized carbons (Fsp3) is 0.533. The quantitative estimate of drug-likeness (QED) is 0.555. The van der Waals surface area contributed by atoms with Crippen LogP contribution >= 0.6 is 7.60 Å². The molecule has 1 aromatic rings. The van der Waals surface area contributed by atoms with Gasteiger partial charge in [-0.3, -0.25) is 4.57 Å². The van der Waals surface area contributed by atoms with Crippen molar-refractivity contribution in [1.29, 1.82) is 0 Å². The molecular formula is C15H21O7P. The molecule has 0 amide bonds. The van der Waals surface area contributed by atoms with Crippen LogP contribution in [0.2, 0.25) is 0 Å². The van der Waals surface area contributed by atoms with Gasteiger partial charge in [0.2, 0.25) is 0 Å². The Hall–Kier alpha value is -1.24. The van der Waals surface area contributed by atoms with E-state index < -0.39 is 31.6 Å². The van der Waals surface area contributed by atoms with E-state index in [4.69, 9.17) is 23.3 Å². The first-order valence-electron chi connectivity index (χ1n) is 7.15. The van der Waals surface area contributed by atoms with E-state index in [1.807, 2.05) is 6.07 Å². The second-order valence-corrected chi connectivity index (χ2v) is 7.49. The molecule has 1 fully saturated rings. The summed E-state index contributed by atoms with van der Waals surface area (Å²) in [5, 5.41) is 0. The highest BCUT2D eigenvalue weighted by molar-refractivity contribution is 7.54. The molecule has 3 atom stereocenters. The Morgan fingerprint density at radius 1 is 1.22 bits per heavy atom. The maximum absolute atomic E-state index is 12.6. The molecule has 2 rings (SSSR count). The Balaban J connectivity index is 2.04. The molecule has 1 unspecified atom stereocenters. The Morgan fingerprint density at radius 2 is 1.87 bits per heavy atom. The summed E-state index contributed by atoms with van der Waals surface area (Å²) in [6.07, 6.45) is -0.833. The zero-order valence-corrected chi connectivity index (χ0v) is 14.2. The average molecular weight is 344 g/mol. The molecule has 1 saturated heterocycles. The van der Waals surface area contributed by atoms with Crippen LogP contribution in [0.15, 0.2) is 30.3 Å². The Morgan fingerprint density at radius 3 is 2.43 bits per heavy atom. The summed E-state index contributed by atoms with van der Waals surface area (Å²) in [6, 6.07) is 8.61. The second kappa shape index (κ2) is 8.04. The molecule has 23 heavy (non-hydrogen) atoms. The predicted octanol–water partition coefficient (Wildman–Crippen LogP) is 2.46. The van der Waals surface area contributed by atoms with E-state index in [1.165, 1.54) is 21.3 Å². The summed E-state index contributed by atoms with van der Waals surface area (Å²) in [5.74, 6) is -0.474. The molecule has 0 aromatic heterocycles. The van der Waals surface area contributed by atoms with Gasteiger partial charge in [0.1, 0.15) is 12.7 Å². The number of benzene rings is 1. The molecule has 0 spiro atoms. The minimum Gasteiger partial charge on any atom is -0.459 e. The Labute approximate surface area is 135 Å². The lowest BCUT2D eigenvalue weighted by Gasteiger charge is -2.24. The normalized spacial score (nSPS) is 24.6. The standard InChI is InChI=1S/C15H21O7P/c1-18-14-9-13(23(17,19-2)20-3)12(22-14)10-21-15(16)11-7-5-4-6-8-11/h4-8,12-14H,9-10H2,1-3H3/t12-,13?,14-/m1/s1. The topological polar surface area (TPSA) is 80.3 Å². The molecule has 0 bridgehead atoms. The van der Waals surface area contributed by atoms with Crippen LogP contribution < -0.4 is 0 Å². The minimum absolute atomic E-state index is 0.0606. The second-order valence-electron chi connectivity index (χ2n) is 5.01. The van der Waals surface area contributed by atoms with Gasteiger partial charge in [0.15, 0.2) is 6.29 Å². The van der Waals surface area contributed by atoms with Crippen molar-refractivity contribution in [2.75, 3.05) is 27.9 Å². The molecule has 1 aliphatic heterocycles. The summed E-state index contributed by atoms with van der Waals surface area (Å²) in [7, 11) is 0.761. The molecule has 128 valence electrons. The van der Waals surface area contributed by atoms with Crippen molar-refractivity contribution < 1.29 is 32.6 Å². The fourth-order valence-electron chi connectivity index (χ4n) is 2.49. The summed E-state index contributed by atoms with van der Waals surface area (Å²) < 4.78 is 38.8. The lowest BCUT2D eigenvalue weighted by atomic mass is 10.2. The third kappa shape index (κ3) is 4.19. The van der Waals surface area contributed by atoms with Gasteiger partial charge in [0.05, 0.1) is 11.2 Å². The van der Waals surface area contributed by atoms with Gasteiger partial charge in [-0.15, -0.1) is 0 Å². The summed E-state index contributed by atoms with van der Waals surface area (Å²) >= 11 is 0. The van der Waals surface area contributed by atoms with E-state index in [0.29, 0.717) is 12.0 Å². The minimum atomic E-state index is -3.36. The van der Waals surface area contributed by atoms with Gasteiger partial charge in [-0.1, -0.05) is 18.2 Å². The van der Waals surface area contributed by atoms with Crippen LogP contribution in [0.25, 0.3) is 0 Å². The van der Waals surface area contributed by atoms with Crippen LogP contribution in [0, 0.1) is 0 Å². The van der Waals surface area contributed by atoms with E-state index in [0.717, 1.165) is 0 Å². The number of carbonyl (C=O) groups is 1. The average Bonchev–Trinajstić information content (AvgIpc) is 3.03. The Kier molecular flexibility index (Phi) is 6.33. The molecule has 0 radical (unpaired) electrons. The van der Waals surface area contributed by atoms with Crippen LogP contribution in [-0.4, -0.2) is 52.0 Å². The van der Waals surface area contributed by atoms with E-state index in [1.54, 1.807) is 24.3 Å². The van der Waals surface area contributed by atoms with Crippen LogP contribution in [0.4, 0.5) is 0 Å². The number of carbonyl (C=O) groups excluding carboxylic acids is 1. The molecule has 8 heteroatoms. The number of methoxy groups -OCH3 is 1. The van der Waals surface area contributed by atoms with Crippen molar-refractivity contribution in [1.82, 2.24) is 0 Å². The molecule has 0 aliphatic carbocycles. The highest BCUT2D eigenvalue weighted by atomic mass is 31.2. The van der Waals surface area contributed by atoms with Gasteiger partial charge in [0, 0.05) is 27.8 Å². The fourth-order valence-corrected chi connectivity index (χ4v) is 4.17. The first-order valence-corrected chi connectivity index (χ1v) is 8.77. The molecule has 1 heterocycles. The van der Waals surface area contributed by atoms with Crippen LogP contribution in [0.5, 0.6) is 0 Å². The van der Waals surface area contributed by atoms with E-state index in [2.05, 4.69) is 0 Å². The zero-order chi connectivity index (χ0) is 16.9. The molecule has 7 nitrogen and oxygen atoms in total. The van der Waals surface area contributed by atoms with Gasteiger partial charge in [0.25, 0.3) is 0 Å². The van der Waals surface area contributed by atoms with E-state index in [9.17, 15) is 9.36 Å². The predicted molar refractivity (Wildman–Crippen MR) is 82.4 cm³/mol. The van der Waals surface area contributed by atoms with Crippen molar-refractivity contribution in [3.8, 4) is 0 Å². The first kappa shape index (κ1) is 18.1. The highest BCUT2D eigenvalue weighted by Gasteiger charge is 2.48. The lowest BCUT2D eigenvalue weighted by molar-refractivity contribution is -0.123. The summed E-state index contributed by atoms with van der Waals surface area (Å²) in [6.45, 7) is -0.0606. The third-order valence-corrected chi connectivity index (χ3v) is 6.13. The summed E-state index contributed by atoms with van der Waals surface area (Å²) in [4.78, 5) is 12.0. The SMILES string of the molecule is CO[C@H]1CC(P(=O)(OC)OC)[C@@H](COC(=O)c2ccccc2)O1. The zero-order valence-electron chi connectivity index (χ0n) is 13.3. The van der Waals surface area contributed by atoms with Crippen LogP contribution in [0.1, 0.15) is 16.8 Å². The number of rotatable bonds is 7. The number of hydrogen-bond donors (Lipinski definition) is 0. The maximum Gasteiger partial charge on any atom is 0.338 e. The molecular weight excluding hydrogens is 323 g/mol. The third-order valence-electron chi connectivity index (χ3n) is 3.76.